The number of rotatable bonds is 5. The Morgan fingerprint density at radius 3 is 2.15 bits per heavy atom. The monoisotopic (exact) mass is 349 g/mol. The van der Waals surface area contributed by atoms with Crippen molar-refractivity contribution in [3.63, 3.8) is 0 Å². The Morgan fingerprint density at radius 2 is 1.65 bits per heavy atom. The van der Waals surface area contributed by atoms with E-state index in [1.807, 2.05) is 6.07 Å². The van der Waals surface area contributed by atoms with Crippen LogP contribution in [0.4, 0.5) is 4.79 Å². The predicted octanol–water partition coefficient (Wildman–Crippen LogP) is 2.03. The molecule has 0 aromatic heterocycles. The van der Waals surface area contributed by atoms with Gasteiger partial charge in [0.2, 0.25) is 0 Å². The van der Waals surface area contributed by atoms with E-state index in [9.17, 15) is 14.4 Å². The maximum absolute atomic E-state index is 12.5. The fraction of sp³-hybridized carbons (Fsp3) is 0.158. The van der Waals surface area contributed by atoms with E-state index >= 15 is 0 Å². The Bertz CT molecular complexity index is 880. The van der Waals surface area contributed by atoms with Crippen molar-refractivity contribution in [3.8, 4) is 6.07 Å². The highest BCUT2D eigenvalue weighted by Gasteiger charge is 2.36. The Labute approximate surface area is 149 Å². The number of nitrogens with one attached hydrogen (secondary N) is 1. The van der Waals surface area contributed by atoms with E-state index in [0.717, 1.165) is 10.5 Å². The molecule has 1 aliphatic heterocycles. The second kappa shape index (κ2) is 7.07. The maximum atomic E-state index is 12.5. The zero-order valence-electron chi connectivity index (χ0n) is 13.7. The second-order valence-electron chi connectivity index (χ2n) is 5.93. The second-order valence-corrected chi connectivity index (χ2v) is 5.93. The van der Waals surface area contributed by atoms with Crippen LogP contribution in [0.5, 0.6) is 0 Å². The minimum atomic E-state index is -1.24. The SMILES string of the molecule is N#Cc1ccc(CC(CN2C(=O)c3ccccc3C2=O)NC(=O)O)cc1. The summed E-state index contributed by atoms with van der Waals surface area (Å²) in [5.41, 5.74) is 1.94. The molecule has 3 rings (SSSR count). The lowest BCUT2D eigenvalue weighted by molar-refractivity contribution is 0.0636. The predicted molar refractivity (Wildman–Crippen MR) is 91.6 cm³/mol. The molecular weight excluding hydrogens is 334 g/mol. The molecule has 0 aliphatic carbocycles. The summed E-state index contributed by atoms with van der Waals surface area (Å²) in [6, 6.07) is 14.6. The number of carboxylic acid groups (broad SMARTS) is 1. The number of imide groups is 1. The summed E-state index contributed by atoms with van der Waals surface area (Å²) in [7, 11) is 0. The van der Waals surface area contributed by atoms with Crippen molar-refractivity contribution in [2.24, 2.45) is 0 Å². The zero-order chi connectivity index (χ0) is 18.7. The van der Waals surface area contributed by atoms with Crippen LogP contribution in [-0.2, 0) is 6.42 Å². The number of nitrogens with zero attached hydrogens (tertiary/aromatic N) is 2. The average molecular weight is 349 g/mol. The summed E-state index contributed by atoms with van der Waals surface area (Å²) >= 11 is 0. The third kappa shape index (κ3) is 3.39. The van der Waals surface area contributed by atoms with Crippen LogP contribution in [0.3, 0.4) is 0 Å². The van der Waals surface area contributed by atoms with Gasteiger partial charge in [-0.1, -0.05) is 24.3 Å². The number of nitriles is 1. The Kier molecular flexibility index (Phi) is 4.67. The smallest absolute Gasteiger partial charge is 0.404 e. The molecule has 1 aliphatic rings. The number of carbonyl (C=O) groups is 3. The van der Waals surface area contributed by atoms with E-state index in [2.05, 4.69) is 5.32 Å². The number of carbonyl (C=O) groups excluding carboxylic acids is 2. The average Bonchev–Trinajstić information content (AvgIpc) is 2.87. The Balaban J connectivity index is 1.79. The maximum Gasteiger partial charge on any atom is 0.404 e. The lowest BCUT2D eigenvalue weighted by Crippen LogP contribution is -2.46. The highest BCUT2D eigenvalue weighted by Crippen LogP contribution is 2.23. The van der Waals surface area contributed by atoms with E-state index in [1.54, 1.807) is 48.5 Å². The van der Waals surface area contributed by atoms with Crippen LogP contribution in [0, 0.1) is 11.3 Å². The van der Waals surface area contributed by atoms with Crippen molar-refractivity contribution in [1.82, 2.24) is 10.2 Å². The topological polar surface area (TPSA) is 111 Å². The van der Waals surface area contributed by atoms with E-state index in [4.69, 9.17) is 10.4 Å². The molecule has 2 N–H and O–H groups in total. The first kappa shape index (κ1) is 17.2. The Hall–Kier alpha value is -3.66. The molecule has 3 amide bonds. The van der Waals surface area contributed by atoms with Gasteiger partial charge in [0.15, 0.2) is 0 Å². The minimum absolute atomic E-state index is 0.0708. The lowest BCUT2D eigenvalue weighted by atomic mass is 10.0. The molecule has 0 bridgehead atoms. The van der Waals surface area contributed by atoms with Crippen molar-refractivity contribution in [3.05, 3.63) is 70.8 Å². The number of fused-ring (bicyclic) bond motifs is 1. The molecule has 0 spiro atoms. The standard InChI is InChI=1S/C19H15N3O4/c20-10-13-7-5-12(6-8-13)9-14(21-19(25)26)11-22-17(23)15-3-1-2-4-16(15)18(22)24/h1-8,14,21H,9,11H2,(H,25,26). The molecule has 7 nitrogen and oxygen atoms in total. The quantitative estimate of drug-likeness (QED) is 0.803. The van der Waals surface area contributed by atoms with Crippen molar-refractivity contribution >= 4 is 17.9 Å². The first-order valence-corrected chi connectivity index (χ1v) is 7.93. The molecule has 1 heterocycles. The summed E-state index contributed by atoms with van der Waals surface area (Å²) in [6.07, 6.45) is -0.953. The molecule has 0 radical (unpaired) electrons. The fourth-order valence-electron chi connectivity index (χ4n) is 2.96. The van der Waals surface area contributed by atoms with E-state index in [-0.39, 0.29) is 13.0 Å². The number of hydrogen-bond donors (Lipinski definition) is 2. The summed E-state index contributed by atoms with van der Waals surface area (Å²) in [6.45, 7) is -0.0708. The van der Waals surface area contributed by atoms with Gasteiger partial charge in [0.1, 0.15) is 0 Å². The molecule has 2 aromatic rings. The summed E-state index contributed by atoms with van der Waals surface area (Å²) in [5, 5.41) is 20.3. The van der Waals surface area contributed by atoms with Crippen molar-refractivity contribution in [2.75, 3.05) is 6.54 Å². The highest BCUT2D eigenvalue weighted by molar-refractivity contribution is 6.21. The molecule has 2 aromatic carbocycles. The van der Waals surface area contributed by atoms with Crippen LogP contribution >= 0.6 is 0 Å². The molecular formula is C19H15N3O4. The molecule has 0 fully saturated rings. The van der Waals surface area contributed by atoms with Crippen molar-refractivity contribution in [2.45, 2.75) is 12.5 Å². The van der Waals surface area contributed by atoms with Crippen LogP contribution in [0.25, 0.3) is 0 Å². The summed E-state index contributed by atoms with van der Waals surface area (Å²) in [4.78, 5) is 37.1. The van der Waals surface area contributed by atoms with Gasteiger partial charge in [-0.25, -0.2) is 4.79 Å². The Morgan fingerprint density at radius 1 is 1.08 bits per heavy atom. The van der Waals surface area contributed by atoms with Gasteiger partial charge in [0, 0.05) is 0 Å². The highest BCUT2D eigenvalue weighted by atomic mass is 16.4. The van der Waals surface area contributed by atoms with E-state index in [1.165, 1.54) is 0 Å². The van der Waals surface area contributed by atoms with Crippen molar-refractivity contribution in [1.29, 1.82) is 5.26 Å². The number of benzene rings is 2. The van der Waals surface area contributed by atoms with Gasteiger partial charge in [0.25, 0.3) is 11.8 Å². The third-order valence-corrected chi connectivity index (χ3v) is 4.17. The fourth-order valence-corrected chi connectivity index (χ4v) is 2.96. The summed E-state index contributed by atoms with van der Waals surface area (Å²) < 4.78 is 0. The van der Waals surface area contributed by atoms with Crippen LogP contribution in [-0.4, -0.2) is 40.5 Å². The molecule has 26 heavy (non-hydrogen) atoms. The summed E-state index contributed by atoms with van der Waals surface area (Å²) in [5.74, 6) is -0.856. The van der Waals surface area contributed by atoms with Crippen molar-refractivity contribution < 1.29 is 19.5 Å². The lowest BCUT2D eigenvalue weighted by Gasteiger charge is -2.22. The normalized spacial score (nSPS) is 13.9. The van der Waals surface area contributed by atoms with Gasteiger partial charge in [-0.15, -0.1) is 0 Å². The van der Waals surface area contributed by atoms with Gasteiger partial charge >= 0.3 is 6.09 Å². The third-order valence-electron chi connectivity index (χ3n) is 4.17. The largest absolute Gasteiger partial charge is 0.465 e. The van der Waals surface area contributed by atoms with Gasteiger partial charge in [-0.2, -0.15) is 5.26 Å². The molecule has 1 atom stereocenters. The van der Waals surface area contributed by atoms with Gasteiger partial charge in [0.05, 0.1) is 35.3 Å². The van der Waals surface area contributed by atoms with Crippen LogP contribution < -0.4 is 5.32 Å². The van der Waals surface area contributed by atoms with Gasteiger partial charge in [-0.3, -0.25) is 14.5 Å². The number of amides is 3. The molecule has 0 saturated carbocycles. The van der Waals surface area contributed by atoms with Gasteiger partial charge < -0.3 is 10.4 Å². The van der Waals surface area contributed by atoms with E-state index in [0.29, 0.717) is 16.7 Å². The zero-order valence-corrected chi connectivity index (χ0v) is 13.7. The minimum Gasteiger partial charge on any atom is -0.465 e. The number of hydrogen-bond acceptors (Lipinski definition) is 4. The first-order valence-electron chi connectivity index (χ1n) is 7.93. The first-order chi connectivity index (χ1) is 12.5. The molecule has 1 unspecified atom stereocenters. The van der Waals surface area contributed by atoms with Crippen LogP contribution in [0.15, 0.2) is 48.5 Å². The van der Waals surface area contributed by atoms with Crippen LogP contribution in [0.2, 0.25) is 0 Å². The van der Waals surface area contributed by atoms with E-state index < -0.39 is 23.9 Å². The van der Waals surface area contributed by atoms with Gasteiger partial charge in [-0.05, 0) is 36.2 Å². The molecule has 7 heteroatoms. The van der Waals surface area contributed by atoms with Crippen LogP contribution in [0.1, 0.15) is 31.8 Å². The molecule has 0 saturated heterocycles. The molecule has 130 valence electrons.